The van der Waals surface area contributed by atoms with Crippen LogP contribution in [0.15, 0.2) is 49.1 Å². The van der Waals surface area contributed by atoms with Crippen molar-refractivity contribution in [3.05, 3.63) is 70.2 Å². The van der Waals surface area contributed by atoms with Gasteiger partial charge in [0.25, 0.3) is 0 Å². The molecule has 0 spiro atoms. The van der Waals surface area contributed by atoms with Gasteiger partial charge in [-0.15, -0.1) is 0 Å². The maximum Gasteiger partial charge on any atom is 0.335 e. The Morgan fingerprint density at radius 2 is 1.77 bits per heavy atom. The molecular formula is C16H10Cl2O4. The van der Waals surface area contributed by atoms with E-state index in [4.69, 9.17) is 27.9 Å². The number of hydrogen-bond donors (Lipinski definition) is 1. The summed E-state index contributed by atoms with van der Waals surface area (Å²) in [7, 11) is 0. The van der Waals surface area contributed by atoms with Gasteiger partial charge in [-0.05, 0) is 30.3 Å². The van der Waals surface area contributed by atoms with E-state index < -0.39 is 11.8 Å². The molecule has 6 heteroatoms. The number of aromatic hydroxyl groups is 1. The van der Waals surface area contributed by atoms with Crippen LogP contribution in [0, 0.1) is 0 Å². The number of rotatable bonds is 4. The standard InChI is InChI=1S/C16H10Cl2O4/c1-2-15(20)22-10-4-6-12(14(19)8-10)16(21)11-5-3-9(17)7-13(11)18/h2-8,19H,1H2. The molecule has 0 bridgehead atoms. The third-order valence-corrected chi connectivity index (χ3v) is 3.32. The summed E-state index contributed by atoms with van der Waals surface area (Å²) in [5.74, 6) is -1.37. The third-order valence-electron chi connectivity index (χ3n) is 2.77. The van der Waals surface area contributed by atoms with Crippen LogP contribution in [0.3, 0.4) is 0 Å². The molecular weight excluding hydrogens is 327 g/mol. The molecule has 0 fully saturated rings. The number of ether oxygens (including phenoxy) is 1. The van der Waals surface area contributed by atoms with Crippen LogP contribution in [-0.4, -0.2) is 16.9 Å². The van der Waals surface area contributed by atoms with Gasteiger partial charge < -0.3 is 9.84 Å². The normalized spacial score (nSPS) is 10.1. The minimum atomic E-state index is -0.667. The molecule has 0 saturated heterocycles. The summed E-state index contributed by atoms with van der Waals surface area (Å²) < 4.78 is 4.85. The van der Waals surface area contributed by atoms with E-state index >= 15 is 0 Å². The quantitative estimate of drug-likeness (QED) is 0.396. The molecule has 1 N–H and O–H groups in total. The highest BCUT2D eigenvalue weighted by Gasteiger charge is 2.17. The number of ketones is 1. The van der Waals surface area contributed by atoms with E-state index in [9.17, 15) is 14.7 Å². The first-order valence-electron chi connectivity index (χ1n) is 6.09. The van der Waals surface area contributed by atoms with Crippen molar-refractivity contribution in [3.8, 4) is 11.5 Å². The third kappa shape index (κ3) is 3.47. The van der Waals surface area contributed by atoms with Gasteiger partial charge in [-0.1, -0.05) is 29.8 Å². The number of halogens is 2. The Bertz CT molecular complexity index is 769. The Morgan fingerprint density at radius 1 is 1.09 bits per heavy atom. The van der Waals surface area contributed by atoms with Crippen molar-refractivity contribution >= 4 is 35.0 Å². The molecule has 0 aliphatic carbocycles. The Labute approximate surface area is 136 Å². The van der Waals surface area contributed by atoms with Crippen LogP contribution in [0.1, 0.15) is 15.9 Å². The van der Waals surface area contributed by atoms with Gasteiger partial charge in [-0.2, -0.15) is 0 Å². The van der Waals surface area contributed by atoms with E-state index in [0.29, 0.717) is 5.02 Å². The lowest BCUT2D eigenvalue weighted by Gasteiger charge is -2.08. The van der Waals surface area contributed by atoms with Crippen LogP contribution in [0.4, 0.5) is 0 Å². The highest BCUT2D eigenvalue weighted by Crippen LogP contribution is 2.29. The molecule has 0 amide bonds. The number of esters is 1. The van der Waals surface area contributed by atoms with Crippen LogP contribution < -0.4 is 4.74 Å². The largest absolute Gasteiger partial charge is 0.507 e. The number of phenolic OH excluding ortho intramolecular Hbond substituents is 1. The zero-order valence-corrected chi connectivity index (χ0v) is 12.7. The van der Waals surface area contributed by atoms with Crippen molar-refractivity contribution in [1.82, 2.24) is 0 Å². The van der Waals surface area contributed by atoms with Gasteiger partial charge in [0.2, 0.25) is 0 Å². The molecule has 0 heterocycles. The Morgan fingerprint density at radius 3 is 2.36 bits per heavy atom. The van der Waals surface area contributed by atoms with Crippen LogP contribution in [0.5, 0.6) is 11.5 Å². The fourth-order valence-corrected chi connectivity index (χ4v) is 2.24. The second kappa shape index (κ2) is 6.64. The molecule has 0 atom stereocenters. The SMILES string of the molecule is C=CC(=O)Oc1ccc(C(=O)c2ccc(Cl)cc2Cl)c(O)c1. The fourth-order valence-electron chi connectivity index (χ4n) is 1.74. The maximum absolute atomic E-state index is 12.4. The number of carbonyl (C=O) groups excluding carboxylic acids is 2. The second-order valence-corrected chi connectivity index (χ2v) is 5.10. The Kier molecular flexibility index (Phi) is 4.85. The fraction of sp³-hybridized carbons (Fsp3) is 0. The first kappa shape index (κ1) is 16.1. The van der Waals surface area contributed by atoms with Crippen molar-refractivity contribution in [1.29, 1.82) is 0 Å². The first-order valence-corrected chi connectivity index (χ1v) is 6.85. The van der Waals surface area contributed by atoms with E-state index in [0.717, 1.165) is 6.08 Å². The summed E-state index contributed by atoms with van der Waals surface area (Å²) in [5, 5.41) is 10.5. The number of hydrogen-bond acceptors (Lipinski definition) is 4. The van der Waals surface area contributed by atoms with Crippen molar-refractivity contribution in [3.63, 3.8) is 0 Å². The molecule has 0 saturated carbocycles. The average molecular weight is 337 g/mol. The predicted molar refractivity (Wildman–Crippen MR) is 83.8 cm³/mol. The van der Waals surface area contributed by atoms with E-state index in [-0.39, 0.29) is 27.6 Å². The Hall–Kier alpha value is -2.30. The molecule has 112 valence electrons. The molecule has 4 nitrogen and oxygen atoms in total. The molecule has 0 unspecified atom stereocenters. The van der Waals surface area contributed by atoms with Crippen molar-refractivity contribution in [2.75, 3.05) is 0 Å². The average Bonchev–Trinajstić information content (AvgIpc) is 2.46. The van der Waals surface area contributed by atoms with Crippen molar-refractivity contribution in [2.24, 2.45) is 0 Å². The summed E-state index contributed by atoms with van der Waals surface area (Å²) in [5.41, 5.74) is 0.236. The van der Waals surface area contributed by atoms with Crippen molar-refractivity contribution < 1.29 is 19.4 Å². The molecule has 0 aliphatic rings. The zero-order valence-electron chi connectivity index (χ0n) is 11.2. The second-order valence-electron chi connectivity index (χ2n) is 4.26. The lowest BCUT2D eigenvalue weighted by atomic mass is 10.0. The maximum atomic E-state index is 12.4. The van der Waals surface area contributed by atoms with Gasteiger partial charge in [0, 0.05) is 22.7 Å². The van der Waals surface area contributed by atoms with Gasteiger partial charge in [-0.25, -0.2) is 4.79 Å². The van der Waals surface area contributed by atoms with E-state index in [1.807, 2.05) is 0 Å². The molecule has 2 aromatic rings. The van der Waals surface area contributed by atoms with Gasteiger partial charge in [0.05, 0.1) is 10.6 Å². The van der Waals surface area contributed by atoms with E-state index in [2.05, 4.69) is 6.58 Å². The number of carbonyl (C=O) groups is 2. The summed E-state index contributed by atoms with van der Waals surface area (Å²) in [6, 6.07) is 8.33. The summed E-state index contributed by atoms with van der Waals surface area (Å²) in [4.78, 5) is 23.5. The lowest BCUT2D eigenvalue weighted by Crippen LogP contribution is -2.05. The molecule has 2 aromatic carbocycles. The minimum Gasteiger partial charge on any atom is -0.507 e. The smallest absolute Gasteiger partial charge is 0.335 e. The van der Waals surface area contributed by atoms with Crippen LogP contribution >= 0.6 is 23.2 Å². The zero-order chi connectivity index (χ0) is 16.3. The summed E-state index contributed by atoms with van der Waals surface area (Å²) in [6.45, 7) is 3.26. The molecule has 0 aromatic heterocycles. The molecule has 2 rings (SSSR count). The highest BCUT2D eigenvalue weighted by atomic mass is 35.5. The topological polar surface area (TPSA) is 63.6 Å². The Balaban J connectivity index is 2.34. The molecule has 22 heavy (non-hydrogen) atoms. The van der Waals surface area contributed by atoms with E-state index in [1.54, 1.807) is 0 Å². The predicted octanol–water partition coefficient (Wildman–Crippen LogP) is 4.02. The minimum absolute atomic E-state index is 0.0302. The van der Waals surface area contributed by atoms with Gasteiger partial charge in [0.15, 0.2) is 5.78 Å². The lowest BCUT2D eigenvalue weighted by molar-refractivity contribution is -0.128. The van der Waals surface area contributed by atoms with Gasteiger partial charge >= 0.3 is 5.97 Å². The summed E-state index contributed by atoms with van der Waals surface area (Å²) in [6.07, 6.45) is 0.990. The molecule has 0 aliphatic heterocycles. The van der Waals surface area contributed by atoms with E-state index in [1.165, 1.54) is 36.4 Å². The van der Waals surface area contributed by atoms with Gasteiger partial charge in [0.1, 0.15) is 11.5 Å². The van der Waals surface area contributed by atoms with Crippen LogP contribution in [0.2, 0.25) is 10.0 Å². The number of benzene rings is 2. The number of phenols is 1. The first-order chi connectivity index (χ1) is 10.4. The van der Waals surface area contributed by atoms with Crippen LogP contribution in [-0.2, 0) is 4.79 Å². The molecule has 0 radical (unpaired) electrons. The van der Waals surface area contributed by atoms with Crippen LogP contribution in [0.25, 0.3) is 0 Å². The van der Waals surface area contributed by atoms with Gasteiger partial charge in [-0.3, -0.25) is 4.79 Å². The summed E-state index contributed by atoms with van der Waals surface area (Å²) >= 11 is 11.8. The monoisotopic (exact) mass is 336 g/mol. The highest BCUT2D eigenvalue weighted by molar-refractivity contribution is 6.37. The van der Waals surface area contributed by atoms with Crippen molar-refractivity contribution in [2.45, 2.75) is 0 Å².